The zero-order chi connectivity index (χ0) is 12.5. The molecule has 2 aromatic rings. The second kappa shape index (κ2) is 4.42. The number of aromatic nitrogens is 2. The minimum absolute atomic E-state index is 0.379. The van der Waals surface area contributed by atoms with Gasteiger partial charge in [0.2, 0.25) is 0 Å². The summed E-state index contributed by atoms with van der Waals surface area (Å²) >= 11 is 0. The van der Waals surface area contributed by atoms with E-state index in [2.05, 4.69) is 14.9 Å². The maximum atomic E-state index is 5.85. The summed E-state index contributed by atoms with van der Waals surface area (Å²) in [6, 6.07) is 6.09. The number of fused-ring (bicyclic) bond motifs is 1. The Labute approximate surface area is 106 Å². The molecule has 18 heavy (non-hydrogen) atoms. The number of nitrogens with zero attached hydrogens (tertiary/aromatic N) is 3. The molecule has 0 spiro atoms. The van der Waals surface area contributed by atoms with E-state index in [0.29, 0.717) is 6.04 Å². The molecule has 1 atom stereocenters. The summed E-state index contributed by atoms with van der Waals surface area (Å²) in [4.78, 5) is 10.8. The lowest BCUT2D eigenvalue weighted by Crippen LogP contribution is -2.32. The molecular weight excluding hydrogens is 228 g/mol. The van der Waals surface area contributed by atoms with E-state index in [4.69, 9.17) is 10.5 Å². The molecule has 0 aliphatic carbocycles. The number of nitrogens with two attached hydrogens (primary N) is 1. The van der Waals surface area contributed by atoms with E-state index in [9.17, 15) is 0 Å². The molecular formula is C13H16N4O. The minimum atomic E-state index is 0.379. The lowest BCUT2D eigenvalue weighted by Gasteiger charge is -2.25. The molecule has 3 rings (SSSR count). The van der Waals surface area contributed by atoms with Crippen LogP contribution in [-0.4, -0.2) is 36.3 Å². The molecule has 0 amide bonds. The summed E-state index contributed by atoms with van der Waals surface area (Å²) in [7, 11) is 2.05. The zero-order valence-corrected chi connectivity index (χ0v) is 10.3. The largest absolute Gasteiger partial charge is 0.399 e. The van der Waals surface area contributed by atoms with Crippen LogP contribution in [0.2, 0.25) is 0 Å². The molecule has 5 nitrogen and oxygen atoms in total. The fourth-order valence-corrected chi connectivity index (χ4v) is 2.34. The first-order chi connectivity index (χ1) is 8.75. The number of hydrogen-bond acceptors (Lipinski definition) is 5. The third-order valence-electron chi connectivity index (χ3n) is 3.43. The van der Waals surface area contributed by atoms with Crippen LogP contribution in [0.15, 0.2) is 24.5 Å². The highest BCUT2D eigenvalue weighted by molar-refractivity contribution is 5.91. The SMILES string of the molecule is CN(c1ncnc2ccc(N)cc12)C1CCOC1. The number of hydrogen-bond donors (Lipinski definition) is 1. The van der Waals surface area contributed by atoms with Crippen molar-refractivity contribution in [1.82, 2.24) is 9.97 Å². The lowest BCUT2D eigenvalue weighted by molar-refractivity contribution is 0.193. The molecule has 1 unspecified atom stereocenters. The molecule has 1 aromatic heterocycles. The Morgan fingerprint density at radius 2 is 2.28 bits per heavy atom. The first kappa shape index (κ1) is 11.2. The van der Waals surface area contributed by atoms with Gasteiger partial charge in [-0.15, -0.1) is 0 Å². The van der Waals surface area contributed by atoms with Crippen LogP contribution < -0.4 is 10.6 Å². The van der Waals surface area contributed by atoms with Gasteiger partial charge in [-0.25, -0.2) is 9.97 Å². The molecule has 1 fully saturated rings. The molecule has 0 radical (unpaired) electrons. The summed E-state index contributed by atoms with van der Waals surface area (Å²) in [5, 5.41) is 0.993. The van der Waals surface area contributed by atoms with Crippen LogP contribution >= 0.6 is 0 Å². The van der Waals surface area contributed by atoms with Gasteiger partial charge in [-0.05, 0) is 24.6 Å². The van der Waals surface area contributed by atoms with Crippen LogP contribution in [0.4, 0.5) is 11.5 Å². The minimum Gasteiger partial charge on any atom is -0.399 e. The highest BCUT2D eigenvalue weighted by atomic mass is 16.5. The van der Waals surface area contributed by atoms with Gasteiger partial charge in [-0.2, -0.15) is 0 Å². The molecule has 2 N–H and O–H groups in total. The Bertz CT molecular complexity index is 566. The van der Waals surface area contributed by atoms with E-state index < -0.39 is 0 Å². The van der Waals surface area contributed by atoms with Gasteiger partial charge in [0, 0.05) is 24.7 Å². The fraction of sp³-hybridized carbons (Fsp3) is 0.385. The smallest absolute Gasteiger partial charge is 0.140 e. The third-order valence-corrected chi connectivity index (χ3v) is 3.43. The van der Waals surface area contributed by atoms with Gasteiger partial charge < -0.3 is 15.4 Å². The maximum Gasteiger partial charge on any atom is 0.140 e. The van der Waals surface area contributed by atoms with Gasteiger partial charge in [0.15, 0.2) is 0 Å². The van der Waals surface area contributed by atoms with E-state index in [-0.39, 0.29) is 0 Å². The number of likely N-dealkylation sites (N-methyl/N-ethyl adjacent to an activating group) is 1. The van der Waals surface area contributed by atoms with E-state index >= 15 is 0 Å². The summed E-state index contributed by atoms with van der Waals surface area (Å²) in [5.41, 5.74) is 7.50. The monoisotopic (exact) mass is 244 g/mol. The van der Waals surface area contributed by atoms with Gasteiger partial charge in [0.05, 0.1) is 18.2 Å². The van der Waals surface area contributed by atoms with Crippen LogP contribution in [-0.2, 0) is 4.74 Å². The second-order valence-electron chi connectivity index (χ2n) is 4.60. The molecule has 1 saturated heterocycles. The number of rotatable bonds is 2. The van der Waals surface area contributed by atoms with Crippen LogP contribution in [0, 0.1) is 0 Å². The van der Waals surface area contributed by atoms with Crippen LogP contribution in [0.25, 0.3) is 10.9 Å². The highest BCUT2D eigenvalue weighted by Crippen LogP contribution is 2.26. The Hall–Kier alpha value is -1.88. The van der Waals surface area contributed by atoms with Crippen molar-refractivity contribution in [3.05, 3.63) is 24.5 Å². The standard InChI is InChI=1S/C13H16N4O/c1-17(10-4-5-18-7-10)13-11-6-9(14)2-3-12(11)15-8-16-13/h2-3,6,8,10H,4-5,7,14H2,1H3. The van der Waals surface area contributed by atoms with Gasteiger partial charge in [0.1, 0.15) is 12.1 Å². The lowest BCUT2D eigenvalue weighted by atomic mass is 10.1. The summed E-state index contributed by atoms with van der Waals surface area (Å²) < 4.78 is 5.43. The van der Waals surface area contributed by atoms with Crippen molar-refractivity contribution in [1.29, 1.82) is 0 Å². The van der Waals surface area contributed by atoms with Gasteiger partial charge in [0.25, 0.3) is 0 Å². The molecule has 0 bridgehead atoms. The van der Waals surface area contributed by atoms with Crippen molar-refractivity contribution in [3.63, 3.8) is 0 Å². The number of benzene rings is 1. The van der Waals surface area contributed by atoms with Crippen molar-refractivity contribution in [2.24, 2.45) is 0 Å². The zero-order valence-electron chi connectivity index (χ0n) is 10.3. The quantitative estimate of drug-likeness (QED) is 0.810. The van der Waals surface area contributed by atoms with E-state index in [1.807, 2.05) is 25.2 Å². The average Bonchev–Trinajstić information content (AvgIpc) is 2.91. The Morgan fingerprint density at radius 3 is 3.06 bits per heavy atom. The fourth-order valence-electron chi connectivity index (χ4n) is 2.34. The predicted octanol–water partition coefficient (Wildman–Crippen LogP) is 1.44. The van der Waals surface area contributed by atoms with Crippen molar-refractivity contribution < 1.29 is 4.74 Å². The highest BCUT2D eigenvalue weighted by Gasteiger charge is 2.22. The molecule has 1 aromatic carbocycles. The number of ether oxygens (including phenoxy) is 1. The Morgan fingerprint density at radius 1 is 1.39 bits per heavy atom. The van der Waals surface area contributed by atoms with Crippen molar-refractivity contribution in [3.8, 4) is 0 Å². The predicted molar refractivity (Wildman–Crippen MR) is 71.6 cm³/mol. The average molecular weight is 244 g/mol. The van der Waals surface area contributed by atoms with E-state index in [0.717, 1.165) is 42.0 Å². The molecule has 1 aliphatic heterocycles. The second-order valence-corrected chi connectivity index (χ2v) is 4.60. The van der Waals surface area contributed by atoms with Crippen LogP contribution in [0.1, 0.15) is 6.42 Å². The summed E-state index contributed by atoms with van der Waals surface area (Å²) in [6.07, 6.45) is 2.63. The number of nitrogen functional groups attached to an aromatic ring is 1. The third kappa shape index (κ3) is 1.86. The molecule has 2 heterocycles. The first-order valence-electron chi connectivity index (χ1n) is 6.06. The summed E-state index contributed by atoms with van der Waals surface area (Å²) in [5.74, 6) is 0.919. The van der Waals surface area contributed by atoms with Gasteiger partial charge in [-0.3, -0.25) is 0 Å². The molecule has 0 saturated carbocycles. The maximum absolute atomic E-state index is 5.85. The molecule has 1 aliphatic rings. The molecule has 94 valence electrons. The van der Waals surface area contributed by atoms with Gasteiger partial charge in [-0.1, -0.05) is 0 Å². The topological polar surface area (TPSA) is 64.3 Å². The Balaban J connectivity index is 2.07. The first-order valence-corrected chi connectivity index (χ1v) is 6.06. The van der Waals surface area contributed by atoms with E-state index in [1.54, 1.807) is 6.33 Å². The van der Waals surface area contributed by atoms with Crippen molar-refractivity contribution in [2.45, 2.75) is 12.5 Å². The van der Waals surface area contributed by atoms with Gasteiger partial charge >= 0.3 is 0 Å². The normalized spacial score (nSPS) is 19.3. The van der Waals surface area contributed by atoms with E-state index in [1.165, 1.54) is 0 Å². The van der Waals surface area contributed by atoms with Crippen molar-refractivity contribution >= 4 is 22.4 Å². The molecule has 5 heteroatoms. The van der Waals surface area contributed by atoms with Crippen molar-refractivity contribution in [2.75, 3.05) is 30.9 Å². The Kier molecular flexibility index (Phi) is 2.76. The summed E-state index contributed by atoms with van der Waals surface area (Å²) in [6.45, 7) is 1.57. The van der Waals surface area contributed by atoms with Crippen LogP contribution in [0.5, 0.6) is 0 Å². The number of anilines is 2. The van der Waals surface area contributed by atoms with Crippen LogP contribution in [0.3, 0.4) is 0 Å².